The molecular weight excluding hydrogens is 464 g/mol. The average Bonchev–Trinajstić information content (AvgIpc) is 3.10. The lowest BCUT2D eigenvalue weighted by molar-refractivity contribution is 0.0526. The summed E-state index contributed by atoms with van der Waals surface area (Å²) in [4.78, 5) is 44.8. The van der Waals surface area contributed by atoms with Crippen LogP contribution in [0.4, 0.5) is 16.3 Å². The molecule has 0 radical (unpaired) electrons. The van der Waals surface area contributed by atoms with E-state index in [0.29, 0.717) is 30.0 Å². The van der Waals surface area contributed by atoms with Crippen LogP contribution in [0.25, 0.3) is 11.0 Å². The van der Waals surface area contributed by atoms with Crippen molar-refractivity contribution >= 4 is 34.5 Å². The van der Waals surface area contributed by atoms with Crippen molar-refractivity contribution in [2.24, 2.45) is 0 Å². The topological polar surface area (TPSA) is 114 Å². The van der Waals surface area contributed by atoms with Crippen LogP contribution in [-0.2, 0) is 16.0 Å². The molecule has 0 saturated carbocycles. The zero-order chi connectivity index (χ0) is 25.5. The molecule has 2 aromatic heterocycles. The number of hydrogen-bond donors (Lipinski definition) is 1. The molecule has 3 aromatic rings. The lowest BCUT2D eigenvalue weighted by Gasteiger charge is -2.23. The first-order valence-corrected chi connectivity index (χ1v) is 12.1. The number of aromatic nitrogens is 1. The molecule has 3 heterocycles. The highest BCUT2D eigenvalue weighted by molar-refractivity contribution is 5.90. The molecule has 1 fully saturated rings. The Bertz CT molecular complexity index is 1270. The number of carbonyl (C=O) groups excluding carboxylic acids is 2. The largest absolute Gasteiger partial charge is 0.462 e. The number of amides is 1. The van der Waals surface area contributed by atoms with Gasteiger partial charge < -0.3 is 18.8 Å². The maximum Gasteiger partial charge on any atom is 0.411 e. The van der Waals surface area contributed by atoms with Gasteiger partial charge in [0.25, 0.3) is 0 Å². The van der Waals surface area contributed by atoms with Gasteiger partial charge in [-0.05, 0) is 50.1 Å². The molecule has 190 valence electrons. The molecule has 10 nitrogen and oxygen atoms in total. The van der Waals surface area contributed by atoms with Gasteiger partial charge in [-0.15, -0.1) is 0 Å². The fourth-order valence-electron chi connectivity index (χ4n) is 4.23. The number of fused-ring (bicyclic) bond motifs is 1. The smallest absolute Gasteiger partial charge is 0.411 e. The number of rotatable bonds is 7. The number of carbonyl (C=O) groups is 2. The molecule has 36 heavy (non-hydrogen) atoms. The van der Waals surface area contributed by atoms with Gasteiger partial charge in [-0.3, -0.25) is 10.2 Å². The lowest BCUT2D eigenvalue weighted by Crippen LogP contribution is -2.31. The van der Waals surface area contributed by atoms with Gasteiger partial charge >= 0.3 is 17.7 Å². The highest BCUT2D eigenvalue weighted by Gasteiger charge is 2.18. The number of pyridine rings is 1. The van der Waals surface area contributed by atoms with E-state index in [0.717, 1.165) is 49.4 Å². The maximum absolute atomic E-state index is 12.3. The Kier molecular flexibility index (Phi) is 8.17. The van der Waals surface area contributed by atoms with Crippen LogP contribution in [0.2, 0.25) is 0 Å². The fraction of sp³-hybridized carbons (Fsp3) is 0.385. The van der Waals surface area contributed by atoms with Gasteiger partial charge in [-0.2, -0.15) is 0 Å². The van der Waals surface area contributed by atoms with Crippen LogP contribution in [0, 0.1) is 0 Å². The molecule has 4 rings (SSSR count). The molecule has 0 aliphatic carbocycles. The number of nitrogens with one attached hydrogen (secondary N) is 1. The summed E-state index contributed by atoms with van der Waals surface area (Å²) in [7, 11) is 0. The molecule has 1 amide bonds. The van der Waals surface area contributed by atoms with Crippen molar-refractivity contribution in [1.82, 2.24) is 9.88 Å². The Balaban J connectivity index is 1.44. The normalized spacial score (nSPS) is 14.3. The summed E-state index contributed by atoms with van der Waals surface area (Å²) in [6.45, 7) is 7.93. The minimum absolute atomic E-state index is 0.265. The molecular formula is C26H30N4O6. The van der Waals surface area contributed by atoms with E-state index in [1.165, 1.54) is 6.07 Å². The Morgan fingerprint density at radius 2 is 1.86 bits per heavy atom. The first-order chi connectivity index (χ1) is 17.5. The quantitative estimate of drug-likeness (QED) is 0.388. The van der Waals surface area contributed by atoms with E-state index in [4.69, 9.17) is 13.9 Å². The number of ether oxygens (including phenoxy) is 2. The van der Waals surface area contributed by atoms with Gasteiger partial charge in [0.05, 0.1) is 18.8 Å². The van der Waals surface area contributed by atoms with E-state index in [9.17, 15) is 14.4 Å². The van der Waals surface area contributed by atoms with Gasteiger partial charge in [0, 0.05) is 62.1 Å². The SMILES string of the molecule is CCOC(=O)Nc1ccc2c(CN3CCCN(c4ccc(C(=O)OCC)cn4)CC3)cc(=O)oc2c1. The van der Waals surface area contributed by atoms with E-state index < -0.39 is 11.7 Å². The first kappa shape index (κ1) is 25.2. The zero-order valence-corrected chi connectivity index (χ0v) is 20.5. The summed E-state index contributed by atoms with van der Waals surface area (Å²) in [6, 6.07) is 10.3. The third kappa shape index (κ3) is 6.19. The van der Waals surface area contributed by atoms with Crippen LogP contribution in [0.5, 0.6) is 0 Å². The standard InChI is InChI=1S/C26H30N4O6/c1-3-34-25(32)18-6-9-23(27-16-18)30-11-5-10-29(12-13-30)17-19-14-24(31)36-22-15-20(7-8-21(19)22)28-26(33)35-4-2/h6-9,14-16H,3-5,10-13,17H2,1-2H3,(H,28,33). The van der Waals surface area contributed by atoms with E-state index >= 15 is 0 Å². The molecule has 1 aliphatic rings. The number of anilines is 2. The summed E-state index contributed by atoms with van der Waals surface area (Å²) in [5, 5.41) is 3.45. The molecule has 1 N–H and O–H groups in total. The molecule has 0 spiro atoms. The predicted octanol–water partition coefficient (Wildman–Crippen LogP) is 3.65. The third-order valence-electron chi connectivity index (χ3n) is 5.92. The molecule has 1 saturated heterocycles. The van der Waals surface area contributed by atoms with Crippen LogP contribution < -0.4 is 15.8 Å². The number of hydrogen-bond acceptors (Lipinski definition) is 9. The number of esters is 1. The van der Waals surface area contributed by atoms with Gasteiger partial charge in [-0.1, -0.05) is 0 Å². The van der Waals surface area contributed by atoms with E-state index in [1.54, 1.807) is 38.2 Å². The van der Waals surface area contributed by atoms with Crippen LogP contribution in [0.1, 0.15) is 36.2 Å². The third-order valence-corrected chi connectivity index (χ3v) is 5.92. The fourth-order valence-corrected chi connectivity index (χ4v) is 4.23. The predicted molar refractivity (Wildman–Crippen MR) is 135 cm³/mol. The van der Waals surface area contributed by atoms with Gasteiger partial charge in [0.2, 0.25) is 0 Å². The molecule has 0 bridgehead atoms. The molecule has 1 aromatic carbocycles. The van der Waals surface area contributed by atoms with E-state index in [2.05, 4.69) is 20.1 Å². The van der Waals surface area contributed by atoms with Gasteiger partial charge in [0.1, 0.15) is 11.4 Å². The van der Waals surface area contributed by atoms with Crippen molar-refractivity contribution in [1.29, 1.82) is 0 Å². The van der Waals surface area contributed by atoms with Crippen molar-refractivity contribution in [2.75, 3.05) is 49.6 Å². The Morgan fingerprint density at radius 3 is 2.61 bits per heavy atom. The summed E-state index contributed by atoms with van der Waals surface area (Å²) in [5.74, 6) is 0.444. The Morgan fingerprint density at radius 1 is 1.03 bits per heavy atom. The minimum Gasteiger partial charge on any atom is -0.462 e. The van der Waals surface area contributed by atoms with Gasteiger partial charge in [-0.25, -0.2) is 19.4 Å². The second-order valence-electron chi connectivity index (χ2n) is 8.39. The molecule has 1 aliphatic heterocycles. The van der Waals surface area contributed by atoms with Crippen molar-refractivity contribution in [3.63, 3.8) is 0 Å². The molecule has 0 unspecified atom stereocenters. The van der Waals surface area contributed by atoms with Crippen molar-refractivity contribution in [3.8, 4) is 0 Å². The molecule has 0 atom stereocenters. The van der Waals surface area contributed by atoms with E-state index in [1.807, 2.05) is 12.1 Å². The summed E-state index contributed by atoms with van der Waals surface area (Å²) < 4.78 is 15.3. The zero-order valence-electron chi connectivity index (χ0n) is 20.5. The minimum atomic E-state index is -0.561. The summed E-state index contributed by atoms with van der Waals surface area (Å²) in [5.41, 5.74) is 1.78. The van der Waals surface area contributed by atoms with Crippen LogP contribution in [0.3, 0.4) is 0 Å². The monoisotopic (exact) mass is 494 g/mol. The van der Waals surface area contributed by atoms with Crippen LogP contribution >= 0.6 is 0 Å². The highest BCUT2D eigenvalue weighted by atomic mass is 16.5. The lowest BCUT2D eigenvalue weighted by atomic mass is 10.1. The first-order valence-electron chi connectivity index (χ1n) is 12.1. The van der Waals surface area contributed by atoms with Crippen molar-refractivity contribution in [2.45, 2.75) is 26.8 Å². The van der Waals surface area contributed by atoms with Gasteiger partial charge in [0.15, 0.2) is 0 Å². The Labute approximate surface area is 208 Å². The second kappa shape index (κ2) is 11.7. The van der Waals surface area contributed by atoms with Crippen molar-refractivity contribution in [3.05, 3.63) is 64.1 Å². The summed E-state index contributed by atoms with van der Waals surface area (Å²) in [6.07, 6.45) is 1.92. The molecule has 10 heteroatoms. The maximum atomic E-state index is 12.3. The van der Waals surface area contributed by atoms with E-state index in [-0.39, 0.29) is 12.6 Å². The van der Waals surface area contributed by atoms with Crippen molar-refractivity contribution < 1.29 is 23.5 Å². The number of benzene rings is 1. The average molecular weight is 495 g/mol. The van der Waals surface area contributed by atoms with Crippen LogP contribution in [-0.4, -0.2) is 61.3 Å². The highest BCUT2D eigenvalue weighted by Crippen LogP contribution is 2.23. The number of nitrogens with zero attached hydrogens (tertiary/aromatic N) is 3. The Hall–Kier alpha value is -3.92. The van der Waals surface area contributed by atoms with Crippen LogP contribution in [0.15, 0.2) is 51.8 Å². The second-order valence-corrected chi connectivity index (χ2v) is 8.39. The summed E-state index contributed by atoms with van der Waals surface area (Å²) >= 11 is 0.